The van der Waals surface area contributed by atoms with Crippen molar-refractivity contribution in [2.24, 2.45) is 7.05 Å². The van der Waals surface area contributed by atoms with Crippen molar-refractivity contribution in [3.63, 3.8) is 0 Å². The van der Waals surface area contributed by atoms with Crippen molar-refractivity contribution in [3.8, 4) is 11.1 Å². The first-order chi connectivity index (χ1) is 7.61. The second-order valence-electron chi connectivity index (χ2n) is 3.91. The maximum Gasteiger partial charge on any atom is 0.222 e. The standard InChI is InChI=1S/C13H15N3/c1-9-12(11-7-5-4-6-8-11)10(2)16(3)13(14)15-9/h4-8,14H,1-3H3. The van der Waals surface area contributed by atoms with Gasteiger partial charge in [-0.25, -0.2) is 4.98 Å². The summed E-state index contributed by atoms with van der Waals surface area (Å²) in [5.41, 5.74) is 4.56. The first-order valence-corrected chi connectivity index (χ1v) is 5.25. The van der Waals surface area contributed by atoms with Crippen LogP contribution in [0, 0.1) is 19.3 Å². The van der Waals surface area contributed by atoms with E-state index in [1.807, 2.05) is 39.1 Å². The van der Waals surface area contributed by atoms with Gasteiger partial charge in [-0.05, 0) is 19.4 Å². The van der Waals surface area contributed by atoms with E-state index >= 15 is 0 Å². The molecule has 2 rings (SSSR count). The number of aromatic nitrogens is 2. The summed E-state index contributed by atoms with van der Waals surface area (Å²) in [4.78, 5) is 4.24. The number of aryl methyl sites for hydroxylation is 1. The van der Waals surface area contributed by atoms with Gasteiger partial charge in [0.1, 0.15) is 0 Å². The van der Waals surface area contributed by atoms with Gasteiger partial charge < -0.3 is 4.57 Å². The largest absolute Gasteiger partial charge is 0.317 e. The molecule has 3 heteroatoms. The molecule has 1 aromatic heterocycles. The number of benzene rings is 1. The van der Waals surface area contributed by atoms with E-state index in [1.165, 1.54) is 0 Å². The Labute approximate surface area is 94.9 Å². The van der Waals surface area contributed by atoms with E-state index in [9.17, 15) is 0 Å². The topological polar surface area (TPSA) is 41.7 Å². The Bertz CT molecular complexity index is 568. The van der Waals surface area contributed by atoms with E-state index in [0.717, 1.165) is 22.5 Å². The molecular weight excluding hydrogens is 198 g/mol. The molecule has 16 heavy (non-hydrogen) atoms. The zero-order valence-electron chi connectivity index (χ0n) is 9.78. The molecule has 0 saturated carbocycles. The van der Waals surface area contributed by atoms with E-state index in [4.69, 9.17) is 5.41 Å². The van der Waals surface area contributed by atoms with Crippen LogP contribution in [0.3, 0.4) is 0 Å². The maximum absolute atomic E-state index is 7.71. The molecule has 1 aromatic carbocycles. The summed E-state index contributed by atoms with van der Waals surface area (Å²) in [6.07, 6.45) is 0. The van der Waals surface area contributed by atoms with E-state index in [1.54, 1.807) is 4.57 Å². The third kappa shape index (κ3) is 1.65. The molecule has 0 aliphatic carbocycles. The number of nitrogens with one attached hydrogen (secondary N) is 1. The van der Waals surface area contributed by atoms with Gasteiger partial charge in [0.2, 0.25) is 5.62 Å². The van der Waals surface area contributed by atoms with Crippen molar-refractivity contribution in [1.82, 2.24) is 9.55 Å². The molecule has 0 spiro atoms. The summed E-state index contributed by atoms with van der Waals surface area (Å²) in [5, 5.41) is 7.71. The minimum absolute atomic E-state index is 0.301. The smallest absolute Gasteiger partial charge is 0.222 e. The molecule has 1 N–H and O–H groups in total. The molecule has 2 aromatic rings. The highest BCUT2D eigenvalue weighted by molar-refractivity contribution is 5.67. The summed E-state index contributed by atoms with van der Waals surface area (Å²) < 4.78 is 1.80. The Morgan fingerprint density at radius 2 is 1.75 bits per heavy atom. The number of rotatable bonds is 1. The Hall–Kier alpha value is -1.90. The molecule has 1 heterocycles. The molecule has 0 aliphatic heterocycles. The minimum Gasteiger partial charge on any atom is -0.317 e. The first kappa shape index (κ1) is 10.6. The van der Waals surface area contributed by atoms with Crippen molar-refractivity contribution in [3.05, 3.63) is 47.3 Å². The summed E-state index contributed by atoms with van der Waals surface area (Å²) in [6, 6.07) is 10.2. The second-order valence-corrected chi connectivity index (χ2v) is 3.91. The van der Waals surface area contributed by atoms with Gasteiger partial charge >= 0.3 is 0 Å². The lowest BCUT2D eigenvalue weighted by Gasteiger charge is -2.13. The fourth-order valence-electron chi connectivity index (χ4n) is 1.90. The Morgan fingerprint density at radius 3 is 2.38 bits per heavy atom. The normalized spacial score (nSPS) is 10.4. The van der Waals surface area contributed by atoms with Gasteiger partial charge in [0.05, 0.1) is 5.69 Å². The number of hydrogen-bond acceptors (Lipinski definition) is 2. The first-order valence-electron chi connectivity index (χ1n) is 5.25. The van der Waals surface area contributed by atoms with Gasteiger partial charge in [-0.3, -0.25) is 5.41 Å². The summed E-state index contributed by atoms with van der Waals surface area (Å²) in [6.45, 7) is 3.97. The van der Waals surface area contributed by atoms with Crippen molar-refractivity contribution in [2.75, 3.05) is 0 Å². The number of nitrogens with zero attached hydrogens (tertiary/aromatic N) is 2. The average molecular weight is 213 g/mol. The van der Waals surface area contributed by atoms with Crippen molar-refractivity contribution >= 4 is 0 Å². The molecule has 82 valence electrons. The second kappa shape index (κ2) is 3.93. The van der Waals surface area contributed by atoms with Crippen LogP contribution in [0.25, 0.3) is 11.1 Å². The van der Waals surface area contributed by atoms with Crippen LogP contribution in [-0.4, -0.2) is 9.55 Å². The zero-order valence-corrected chi connectivity index (χ0v) is 9.78. The van der Waals surface area contributed by atoms with Gasteiger partial charge in [-0.15, -0.1) is 0 Å². The maximum atomic E-state index is 7.71. The summed E-state index contributed by atoms with van der Waals surface area (Å²) in [5.74, 6) is 0. The molecule has 0 saturated heterocycles. The van der Waals surface area contributed by atoms with Crippen LogP contribution in [0.15, 0.2) is 30.3 Å². The lowest BCUT2D eigenvalue weighted by Crippen LogP contribution is -2.24. The van der Waals surface area contributed by atoms with Gasteiger partial charge in [-0.1, -0.05) is 30.3 Å². The summed E-state index contributed by atoms with van der Waals surface area (Å²) in [7, 11) is 1.87. The van der Waals surface area contributed by atoms with Crippen LogP contribution in [0.1, 0.15) is 11.4 Å². The third-order valence-electron chi connectivity index (χ3n) is 2.88. The Balaban J connectivity index is 2.76. The fourth-order valence-corrected chi connectivity index (χ4v) is 1.90. The molecule has 0 amide bonds. The van der Waals surface area contributed by atoms with Crippen LogP contribution in [0.5, 0.6) is 0 Å². The van der Waals surface area contributed by atoms with Crippen LogP contribution < -0.4 is 5.62 Å². The summed E-state index contributed by atoms with van der Waals surface area (Å²) >= 11 is 0. The fraction of sp³-hybridized carbons (Fsp3) is 0.231. The quantitative estimate of drug-likeness (QED) is 0.775. The molecule has 0 bridgehead atoms. The highest BCUT2D eigenvalue weighted by atomic mass is 15.0. The van der Waals surface area contributed by atoms with E-state index in [-0.39, 0.29) is 0 Å². The van der Waals surface area contributed by atoms with Gasteiger partial charge in [-0.2, -0.15) is 0 Å². The Morgan fingerprint density at radius 1 is 1.12 bits per heavy atom. The van der Waals surface area contributed by atoms with Crippen molar-refractivity contribution in [2.45, 2.75) is 13.8 Å². The van der Waals surface area contributed by atoms with E-state index in [0.29, 0.717) is 5.62 Å². The average Bonchev–Trinajstić information content (AvgIpc) is 2.28. The van der Waals surface area contributed by atoms with Crippen molar-refractivity contribution in [1.29, 1.82) is 5.41 Å². The van der Waals surface area contributed by atoms with Crippen LogP contribution in [-0.2, 0) is 7.05 Å². The van der Waals surface area contributed by atoms with Gasteiger partial charge in [0.25, 0.3) is 0 Å². The lowest BCUT2D eigenvalue weighted by atomic mass is 10.0. The Kier molecular flexibility index (Phi) is 2.60. The third-order valence-corrected chi connectivity index (χ3v) is 2.88. The molecule has 3 nitrogen and oxygen atoms in total. The predicted octanol–water partition coefficient (Wildman–Crippen LogP) is 2.18. The van der Waals surface area contributed by atoms with Gasteiger partial charge in [0, 0.05) is 18.3 Å². The number of hydrogen-bond donors (Lipinski definition) is 1. The van der Waals surface area contributed by atoms with Crippen LogP contribution in [0.2, 0.25) is 0 Å². The molecule has 0 unspecified atom stereocenters. The van der Waals surface area contributed by atoms with Gasteiger partial charge in [0.15, 0.2) is 0 Å². The minimum atomic E-state index is 0.301. The highest BCUT2D eigenvalue weighted by Gasteiger charge is 2.09. The predicted molar refractivity (Wildman–Crippen MR) is 64.0 cm³/mol. The van der Waals surface area contributed by atoms with E-state index < -0.39 is 0 Å². The zero-order chi connectivity index (χ0) is 11.7. The SMILES string of the molecule is Cc1nc(=N)n(C)c(C)c1-c1ccccc1. The molecular formula is C13H15N3. The van der Waals surface area contributed by atoms with Crippen LogP contribution >= 0.6 is 0 Å². The lowest BCUT2D eigenvalue weighted by molar-refractivity contribution is 0.728. The molecule has 0 atom stereocenters. The molecule has 0 fully saturated rings. The highest BCUT2D eigenvalue weighted by Crippen LogP contribution is 2.23. The molecule has 0 radical (unpaired) electrons. The van der Waals surface area contributed by atoms with Crippen molar-refractivity contribution < 1.29 is 0 Å². The van der Waals surface area contributed by atoms with Crippen LogP contribution in [0.4, 0.5) is 0 Å². The monoisotopic (exact) mass is 213 g/mol. The molecule has 0 aliphatic rings. The van der Waals surface area contributed by atoms with E-state index in [2.05, 4.69) is 17.1 Å².